The molecule has 69 heavy (non-hydrogen) atoms. The molecule has 0 N–H and O–H groups in total. The average Bonchev–Trinajstić information content (AvgIpc) is 3.35. The van der Waals surface area contributed by atoms with E-state index in [1.165, 1.54) is 103 Å². The largest absolute Gasteiger partial charge is 0.462 e. The van der Waals surface area contributed by atoms with E-state index in [4.69, 9.17) is 14.2 Å². The maximum Gasteiger partial charge on any atom is 0.306 e. The second-order valence-electron chi connectivity index (χ2n) is 18.2. The third kappa shape index (κ3) is 54.6. The van der Waals surface area contributed by atoms with Crippen LogP contribution >= 0.6 is 0 Å². The van der Waals surface area contributed by atoms with Crippen molar-refractivity contribution in [1.29, 1.82) is 0 Å². The molecule has 0 aliphatic carbocycles. The second-order valence-corrected chi connectivity index (χ2v) is 18.2. The van der Waals surface area contributed by atoms with Crippen molar-refractivity contribution in [2.24, 2.45) is 0 Å². The number of unbranched alkanes of at least 4 members (excludes halogenated alkanes) is 22. The highest BCUT2D eigenvalue weighted by atomic mass is 16.6. The van der Waals surface area contributed by atoms with Gasteiger partial charge in [-0.1, -0.05) is 239 Å². The lowest BCUT2D eigenvalue weighted by molar-refractivity contribution is -0.167. The second kappa shape index (κ2) is 56.4. The molecule has 390 valence electrons. The molecule has 0 radical (unpaired) electrons. The molecule has 0 fully saturated rings. The highest BCUT2D eigenvalue weighted by molar-refractivity contribution is 5.71. The highest BCUT2D eigenvalue weighted by Crippen LogP contribution is 2.14. The minimum absolute atomic E-state index is 0.112. The molecule has 0 bridgehead atoms. The van der Waals surface area contributed by atoms with Crippen molar-refractivity contribution in [3.63, 3.8) is 0 Å². The fourth-order valence-corrected chi connectivity index (χ4v) is 7.32. The van der Waals surface area contributed by atoms with Gasteiger partial charge in [0.05, 0.1) is 0 Å². The molecule has 0 rings (SSSR count). The van der Waals surface area contributed by atoms with E-state index in [2.05, 4.69) is 124 Å². The van der Waals surface area contributed by atoms with Crippen molar-refractivity contribution in [3.8, 4) is 0 Å². The Balaban J connectivity index is 4.52. The average molecular weight is 956 g/mol. The number of ether oxygens (including phenoxy) is 3. The fraction of sp³-hybridized carbons (Fsp3) is 0.635. The normalized spacial score (nSPS) is 13.0. The van der Waals surface area contributed by atoms with Gasteiger partial charge in [-0.15, -0.1) is 0 Å². The van der Waals surface area contributed by atoms with Crippen LogP contribution in [0.15, 0.2) is 122 Å². The van der Waals surface area contributed by atoms with Gasteiger partial charge in [-0.2, -0.15) is 0 Å². The lowest BCUT2D eigenvalue weighted by Gasteiger charge is -2.18. The molecule has 0 heterocycles. The van der Waals surface area contributed by atoms with Gasteiger partial charge < -0.3 is 14.2 Å². The van der Waals surface area contributed by atoms with Crippen LogP contribution in [0.4, 0.5) is 0 Å². The first-order chi connectivity index (χ1) is 34.0. The van der Waals surface area contributed by atoms with E-state index in [-0.39, 0.29) is 37.5 Å². The summed E-state index contributed by atoms with van der Waals surface area (Å²) in [6, 6.07) is 0. The summed E-state index contributed by atoms with van der Waals surface area (Å²) < 4.78 is 16.8. The van der Waals surface area contributed by atoms with Gasteiger partial charge in [-0.25, -0.2) is 0 Å². The van der Waals surface area contributed by atoms with Gasteiger partial charge in [-0.05, 0) is 103 Å². The molecule has 0 amide bonds. The monoisotopic (exact) mass is 955 g/mol. The summed E-state index contributed by atoms with van der Waals surface area (Å²) in [6.45, 7) is 6.37. The predicted octanol–water partition coefficient (Wildman–Crippen LogP) is 18.9. The van der Waals surface area contributed by atoms with Crippen LogP contribution in [0.3, 0.4) is 0 Å². The molecule has 1 unspecified atom stereocenters. The number of carbonyl (C=O) groups excluding carboxylic acids is 3. The van der Waals surface area contributed by atoms with Crippen LogP contribution in [-0.2, 0) is 28.6 Å². The molecule has 0 aliphatic heterocycles. The highest BCUT2D eigenvalue weighted by Gasteiger charge is 2.19. The van der Waals surface area contributed by atoms with E-state index in [0.717, 1.165) is 89.9 Å². The van der Waals surface area contributed by atoms with Crippen LogP contribution < -0.4 is 0 Å². The number of hydrogen-bond acceptors (Lipinski definition) is 6. The van der Waals surface area contributed by atoms with Crippen molar-refractivity contribution in [3.05, 3.63) is 122 Å². The zero-order valence-corrected chi connectivity index (χ0v) is 44.5. The summed E-state index contributed by atoms with van der Waals surface area (Å²) in [5.74, 6) is -0.999. The topological polar surface area (TPSA) is 78.9 Å². The summed E-state index contributed by atoms with van der Waals surface area (Å²) >= 11 is 0. The summed E-state index contributed by atoms with van der Waals surface area (Å²) in [5, 5.41) is 0. The lowest BCUT2D eigenvalue weighted by atomic mass is 10.1. The van der Waals surface area contributed by atoms with Crippen molar-refractivity contribution < 1.29 is 28.6 Å². The minimum atomic E-state index is -0.822. The van der Waals surface area contributed by atoms with E-state index < -0.39 is 6.10 Å². The Kier molecular flexibility index (Phi) is 53.0. The zero-order chi connectivity index (χ0) is 50.0. The molecular weight excluding hydrogens is 853 g/mol. The first-order valence-corrected chi connectivity index (χ1v) is 28.1. The van der Waals surface area contributed by atoms with E-state index in [0.29, 0.717) is 19.3 Å². The molecule has 0 aromatic rings. The number of rotatable bonds is 49. The van der Waals surface area contributed by atoms with Crippen LogP contribution in [0.2, 0.25) is 0 Å². The minimum Gasteiger partial charge on any atom is -0.462 e. The molecule has 0 aromatic carbocycles. The van der Waals surface area contributed by atoms with Gasteiger partial charge in [0.1, 0.15) is 13.2 Å². The Morgan fingerprint density at radius 3 is 1.07 bits per heavy atom. The first kappa shape index (κ1) is 64.8. The number of esters is 3. The maximum atomic E-state index is 12.8. The van der Waals surface area contributed by atoms with Crippen LogP contribution in [0, 0.1) is 0 Å². The quantitative estimate of drug-likeness (QED) is 0.0199. The van der Waals surface area contributed by atoms with E-state index in [1.54, 1.807) is 0 Å². The Morgan fingerprint density at radius 2 is 0.638 bits per heavy atom. The summed E-state index contributed by atoms with van der Waals surface area (Å²) in [7, 11) is 0. The molecule has 0 aromatic heterocycles. The van der Waals surface area contributed by atoms with Gasteiger partial charge in [0, 0.05) is 19.3 Å². The van der Waals surface area contributed by atoms with Crippen molar-refractivity contribution in [1.82, 2.24) is 0 Å². The molecule has 0 spiro atoms. The Bertz CT molecular complexity index is 1470. The van der Waals surface area contributed by atoms with E-state index in [9.17, 15) is 14.4 Å². The Labute approximate surface area is 424 Å². The lowest BCUT2D eigenvalue weighted by Crippen LogP contribution is -2.30. The van der Waals surface area contributed by atoms with Crippen LogP contribution in [0.5, 0.6) is 0 Å². The van der Waals surface area contributed by atoms with Crippen molar-refractivity contribution >= 4 is 17.9 Å². The van der Waals surface area contributed by atoms with Crippen LogP contribution in [-0.4, -0.2) is 37.2 Å². The molecule has 6 nitrogen and oxygen atoms in total. The van der Waals surface area contributed by atoms with E-state index in [1.807, 2.05) is 18.2 Å². The Hall–Kier alpha value is -4.19. The zero-order valence-electron chi connectivity index (χ0n) is 44.5. The number of allylic oxidation sites excluding steroid dienone is 20. The van der Waals surface area contributed by atoms with Crippen molar-refractivity contribution in [2.45, 2.75) is 245 Å². The molecule has 0 saturated heterocycles. The van der Waals surface area contributed by atoms with Crippen LogP contribution in [0.25, 0.3) is 0 Å². The third-order valence-electron chi connectivity index (χ3n) is 11.5. The summed E-state index contributed by atoms with van der Waals surface area (Å²) in [6.07, 6.45) is 77.6. The van der Waals surface area contributed by atoms with Gasteiger partial charge in [-0.3, -0.25) is 14.4 Å². The van der Waals surface area contributed by atoms with Gasteiger partial charge in [0.2, 0.25) is 0 Å². The predicted molar refractivity (Wildman–Crippen MR) is 297 cm³/mol. The molecule has 0 aliphatic rings. The number of hydrogen-bond donors (Lipinski definition) is 0. The molecule has 0 saturated carbocycles. The smallest absolute Gasteiger partial charge is 0.306 e. The molecular formula is C63H102O6. The van der Waals surface area contributed by atoms with Crippen molar-refractivity contribution in [2.75, 3.05) is 13.2 Å². The third-order valence-corrected chi connectivity index (χ3v) is 11.5. The van der Waals surface area contributed by atoms with E-state index >= 15 is 0 Å². The Morgan fingerprint density at radius 1 is 0.319 bits per heavy atom. The van der Waals surface area contributed by atoms with Gasteiger partial charge in [0.15, 0.2) is 6.10 Å². The maximum absolute atomic E-state index is 12.8. The fourth-order valence-electron chi connectivity index (χ4n) is 7.32. The first-order valence-electron chi connectivity index (χ1n) is 28.1. The molecule has 1 atom stereocenters. The standard InChI is InChI=1S/C63H102O6/c1-4-7-10-13-16-19-22-25-28-30-31-33-35-38-41-44-47-50-53-56-62(65)68-59-60(58-67-61(64)55-52-49-46-43-40-37-34-27-24-21-18-15-12-9-6-3)69-63(66)57-54-51-48-45-42-39-36-32-29-26-23-20-17-14-11-8-5-2/h9,12,15-22,24-27,29,34,36,39,45,48,60H,4-8,10-11,13-14,23,28,30-33,35,37-38,40-44,46-47,49-59H2,1-3H3/b12-9-,18-15-,19-16-,20-17-,24-21-,25-22-,29-26-,34-27-,39-36-,48-45-. The van der Waals surface area contributed by atoms with Crippen LogP contribution in [0.1, 0.15) is 239 Å². The van der Waals surface area contributed by atoms with Gasteiger partial charge >= 0.3 is 17.9 Å². The summed E-state index contributed by atoms with van der Waals surface area (Å²) in [5.41, 5.74) is 0. The SMILES string of the molecule is CC\C=C/C=C\C=C/C=C\CCCCCCCC(=O)OCC(COC(=O)CCCCCCCCCCCC/C=C\C=C/CCCCC)OC(=O)CCC/C=C\C/C=C\C/C=C\C/C=C\CCCCC. The molecule has 6 heteroatoms. The number of carbonyl (C=O) groups is 3. The summed E-state index contributed by atoms with van der Waals surface area (Å²) in [4.78, 5) is 38.1. The van der Waals surface area contributed by atoms with Gasteiger partial charge in [0.25, 0.3) is 0 Å².